The molecule has 0 aliphatic heterocycles. The first kappa shape index (κ1) is 13.5. The lowest BCUT2D eigenvalue weighted by molar-refractivity contribution is -0.133. The van der Waals surface area contributed by atoms with Crippen LogP contribution in [-0.4, -0.2) is 30.2 Å². The molecule has 0 bridgehead atoms. The van der Waals surface area contributed by atoms with E-state index in [4.69, 9.17) is 10.5 Å². The van der Waals surface area contributed by atoms with E-state index in [2.05, 4.69) is 5.32 Å². The highest BCUT2D eigenvalue weighted by Gasteiger charge is 2.34. The normalized spacial score (nSPS) is 19.8. The summed E-state index contributed by atoms with van der Waals surface area (Å²) in [7, 11) is 0. The summed E-state index contributed by atoms with van der Waals surface area (Å²) in [5, 5.41) is 2.88. The molecule has 4 nitrogen and oxygen atoms in total. The summed E-state index contributed by atoms with van der Waals surface area (Å²) >= 11 is 0. The van der Waals surface area contributed by atoms with Gasteiger partial charge in [-0.3, -0.25) is 4.79 Å². The van der Waals surface area contributed by atoms with E-state index in [1.165, 1.54) is 0 Å². The summed E-state index contributed by atoms with van der Waals surface area (Å²) in [5.74, 6) is -0.0628. The first-order valence-electron chi connectivity index (χ1n) is 6.02. The third-order valence-electron chi connectivity index (χ3n) is 2.91. The van der Waals surface area contributed by atoms with Crippen LogP contribution in [0.5, 0.6) is 0 Å². The van der Waals surface area contributed by atoms with Gasteiger partial charge in [-0.1, -0.05) is 12.8 Å². The van der Waals surface area contributed by atoms with Gasteiger partial charge in [0.15, 0.2) is 0 Å². The third-order valence-corrected chi connectivity index (χ3v) is 2.91. The standard InChI is InChI=1S/C12H24N2O2/c1-11(2,3)14-10(15)8-16-12(9-13)6-4-5-7-12/h4-9,13H2,1-3H3,(H,14,15). The molecule has 0 heterocycles. The average Bonchev–Trinajstić information content (AvgIpc) is 2.61. The third kappa shape index (κ3) is 4.10. The van der Waals surface area contributed by atoms with Crippen molar-refractivity contribution in [1.29, 1.82) is 0 Å². The second-order valence-corrected chi connectivity index (χ2v) is 5.68. The Morgan fingerprint density at radius 1 is 1.38 bits per heavy atom. The zero-order chi connectivity index (χ0) is 12.2. The van der Waals surface area contributed by atoms with E-state index in [0.717, 1.165) is 25.7 Å². The molecule has 1 fully saturated rings. The number of hydrogen-bond acceptors (Lipinski definition) is 3. The lowest BCUT2D eigenvalue weighted by atomic mass is 10.0. The molecule has 0 spiro atoms. The van der Waals surface area contributed by atoms with Crippen molar-refractivity contribution in [3.8, 4) is 0 Å². The van der Waals surface area contributed by atoms with Crippen LogP contribution in [0.15, 0.2) is 0 Å². The molecular weight excluding hydrogens is 204 g/mol. The maximum absolute atomic E-state index is 11.6. The topological polar surface area (TPSA) is 64.3 Å². The molecule has 16 heavy (non-hydrogen) atoms. The van der Waals surface area contributed by atoms with Crippen LogP contribution in [0.4, 0.5) is 0 Å². The Morgan fingerprint density at radius 2 is 1.94 bits per heavy atom. The Balaban J connectivity index is 2.35. The Hall–Kier alpha value is -0.610. The van der Waals surface area contributed by atoms with Gasteiger partial charge in [0.05, 0.1) is 5.60 Å². The number of ether oxygens (including phenoxy) is 1. The van der Waals surface area contributed by atoms with E-state index in [0.29, 0.717) is 6.54 Å². The Bertz CT molecular complexity index is 240. The van der Waals surface area contributed by atoms with Crippen LogP contribution < -0.4 is 11.1 Å². The minimum Gasteiger partial charge on any atom is -0.364 e. The first-order valence-corrected chi connectivity index (χ1v) is 6.02. The predicted molar refractivity (Wildman–Crippen MR) is 64.1 cm³/mol. The molecule has 0 unspecified atom stereocenters. The van der Waals surface area contributed by atoms with Gasteiger partial charge in [0.2, 0.25) is 5.91 Å². The van der Waals surface area contributed by atoms with Gasteiger partial charge in [0.25, 0.3) is 0 Å². The molecule has 0 aromatic carbocycles. The summed E-state index contributed by atoms with van der Waals surface area (Å²) in [5.41, 5.74) is 5.28. The van der Waals surface area contributed by atoms with E-state index >= 15 is 0 Å². The number of carbonyl (C=O) groups is 1. The van der Waals surface area contributed by atoms with Crippen molar-refractivity contribution in [2.45, 2.75) is 57.6 Å². The van der Waals surface area contributed by atoms with Crippen LogP contribution in [0.2, 0.25) is 0 Å². The van der Waals surface area contributed by atoms with Crippen molar-refractivity contribution in [2.75, 3.05) is 13.2 Å². The average molecular weight is 228 g/mol. The van der Waals surface area contributed by atoms with Crippen LogP contribution >= 0.6 is 0 Å². The fourth-order valence-corrected chi connectivity index (χ4v) is 2.10. The van der Waals surface area contributed by atoms with Crippen molar-refractivity contribution in [3.63, 3.8) is 0 Å². The molecule has 1 saturated carbocycles. The van der Waals surface area contributed by atoms with E-state index in [1.54, 1.807) is 0 Å². The maximum Gasteiger partial charge on any atom is 0.246 e. The lowest BCUT2D eigenvalue weighted by Crippen LogP contribution is -2.46. The number of carbonyl (C=O) groups excluding carboxylic acids is 1. The quantitative estimate of drug-likeness (QED) is 0.759. The largest absolute Gasteiger partial charge is 0.364 e. The molecule has 1 aliphatic carbocycles. The van der Waals surface area contributed by atoms with Crippen LogP contribution in [0.1, 0.15) is 46.5 Å². The highest BCUT2D eigenvalue weighted by Crippen LogP contribution is 2.32. The fraction of sp³-hybridized carbons (Fsp3) is 0.917. The molecule has 3 N–H and O–H groups in total. The second kappa shape index (κ2) is 5.15. The maximum atomic E-state index is 11.6. The smallest absolute Gasteiger partial charge is 0.246 e. The lowest BCUT2D eigenvalue weighted by Gasteiger charge is -2.28. The predicted octanol–water partition coefficient (Wildman–Crippen LogP) is 1.19. The second-order valence-electron chi connectivity index (χ2n) is 5.68. The highest BCUT2D eigenvalue weighted by molar-refractivity contribution is 5.77. The van der Waals surface area contributed by atoms with Crippen molar-refractivity contribution in [2.24, 2.45) is 5.73 Å². The summed E-state index contributed by atoms with van der Waals surface area (Å²) in [6.45, 7) is 6.50. The zero-order valence-corrected chi connectivity index (χ0v) is 10.6. The summed E-state index contributed by atoms with van der Waals surface area (Å²) in [4.78, 5) is 11.6. The van der Waals surface area contributed by atoms with Crippen LogP contribution in [0.25, 0.3) is 0 Å². The number of rotatable bonds is 4. The minimum atomic E-state index is -0.241. The number of amides is 1. The van der Waals surface area contributed by atoms with Crippen molar-refractivity contribution >= 4 is 5.91 Å². The zero-order valence-electron chi connectivity index (χ0n) is 10.6. The van der Waals surface area contributed by atoms with Crippen molar-refractivity contribution < 1.29 is 9.53 Å². The molecule has 1 rings (SSSR count). The Kier molecular flexibility index (Phi) is 4.33. The van der Waals surface area contributed by atoms with Gasteiger partial charge < -0.3 is 15.8 Å². The number of hydrogen-bond donors (Lipinski definition) is 2. The molecular formula is C12H24N2O2. The number of nitrogens with one attached hydrogen (secondary N) is 1. The van der Waals surface area contributed by atoms with E-state index in [9.17, 15) is 4.79 Å². The number of nitrogens with two attached hydrogens (primary N) is 1. The summed E-state index contributed by atoms with van der Waals surface area (Å²) in [6, 6.07) is 0. The van der Waals surface area contributed by atoms with Gasteiger partial charge in [-0.25, -0.2) is 0 Å². The first-order chi connectivity index (χ1) is 7.37. The molecule has 0 aromatic rings. The van der Waals surface area contributed by atoms with Crippen LogP contribution in [0.3, 0.4) is 0 Å². The molecule has 1 aliphatic rings. The fourth-order valence-electron chi connectivity index (χ4n) is 2.10. The molecule has 94 valence electrons. The van der Waals surface area contributed by atoms with Gasteiger partial charge in [0.1, 0.15) is 6.61 Å². The van der Waals surface area contributed by atoms with E-state index < -0.39 is 0 Å². The van der Waals surface area contributed by atoms with Crippen LogP contribution in [-0.2, 0) is 9.53 Å². The Labute approximate surface area is 97.9 Å². The van der Waals surface area contributed by atoms with Gasteiger partial charge in [-0.2, -0.15) is 0 Å². The van der Waals surface area contributed by atoms with Crippen LogP contribution in [0, 0.1) is 0 Å². The SMILES string of the molecule is CC(C)(C)NC(=O)COC1(CN)CCCC1. The molecule has 0 radical (unpaired) electrons. The van der Waals surface area contributed by atoms with E-state index in [1.807, 2.05) is 20.8 Å². The molecule has 1 amide bonds. The van der Waals surface area contributed by atoms with E-state index in [-0.39, 0.29) is 23.7 Å². The van der Waals surface area contributed by atoms with Gasteiger partial charge >= 0.3 is 0 Å². The van der Waals surface area contributed by atoms with Crippen molar-refractivity contribution in [1.82, 2.24) is 5.32 Å². The molecule has 4 heteroatoms. The minimum absolute atomic E-state index is 0.0628. The van der Waals surface area contributed by atoms with Gasteiger partial charge in [0, 0.05) is 12.1 Å². The summed E-state index contributed by atoms with van der Waals surface area (Å²) in [6.07, 6.45) is 4.26. The highest BCUT2D eigenvalue weighted by atomic mass is 16.5. The van der Waals surface area contributed by atoms with Crippen molar-refractivity contribution in [3.05, 3.63) is 0 Å². The monoisotopic (exact) mass is 228 g/mol. The van der Waals surface area contributed by atoms with Gasteiger partial charge in [-0.15, -0.1) is 0 Å². The van der Waals surface area contributed by atoms with Gasteiger partial charge in [-0.05, 0) is 33.6 Å². The summed E-state index contributed by atoms with van der Waals surface area (Å²) < 4.78 is 5.71. The molecule has 0 aromatic heterocycles. The Morgan fingerprint density at radius 3 is 2.38 bits per heavy atom. The molecule has 0 atom stereocenters. The molecule has 0 saturated heterocycles.